The molecule has 1 amide bonds. The molecule has 0 saturated carbocycles. The van der Waals surface area contributed by atoms with Crippen LogP contribution in [0, 0.1) is 24.6 Å². The molecule has 1 aliphatic carbocycles. The van der Waals surface area contributed by atoms with Gasteiger partial charge in [0.1, 0.15) is 12.4 Å². The molecule has 5 heteroatoms. The van der Waals surface area contributed by atoms with E-state index in [2.05, 4.69) is 41.4 Å². The fourth-order valence-corrected chi connectivity index (χ4v) is 3.82. The third-order valence-corrected chi connectivity index (χ3v) is 5.44. The van der Waals surface area contributed by atoms with E-state index in [1.165, 1.54) is 34.4 Å². The number of amides is 1. The van der Waals surface area contributed by atoms with Crippen LogP contribution < -0.4 is 11.1 Å². The maximum Gasteiger partial charge on any atom is 0.407 e. The number of rotatable bonds is 4. The molecular weight excluding hydrogens is 391 g/mol. The summed E-state index contributed by atoms with van der Waals surface area (Å²) in [7, 11) is 0. The monoisotopic (exact) mass is 414 g/mol. The highest BCUT2D eigenvalue weighted by molar-refractivity contribution is 5.79. The maximum atomic E-state index is 13.9. The molecule has 0 unspecified atom stereocenters. The Bertz CT molecular complexity index is 1150. The summed E-state index contributed by atoms with van der Waals surface area (Å²) in [6.45, 7) is 2.32. The first-order chi connectivity index (χ1) is 15.0. The largest absolute Gasteiger partial charge is 0.449 e. The lowest BCUT2D eigenvalue weighted by Crippen LogP contribution is -2.26. The minimum atomic E-state index is -0.491. The molecule has 1 aliphatic rings. The fraction of sp³-hybridized carbons (Fsp3) is 0.192. The number of carbonyl (C=O) groups is 1. The van der Waals surface area contributed by atoms with Crippen LogP contribution in [0.5, 0.6) is 0 Å². The minimum Gasteiger partial charge on any atom is -0.449 e. The van der Waals surface area contributed by atoms with Gasteiger partial charge in [0.05, 0.1) is 5.56 Å². The molecule has 0 heterocycles. The van der Waals surface area contributed by atoms with Crippen molar-refractivity contribution in [1.29, 1.82) is 0 Å². The molecule has 3 N–H and O–H groups in total. The molecule has 0 atom stereocenters. The zero-order valence-corrected chi connectivity index (χ0v) is 17.2. The van der Waals surface area contributed by atoms with E-state index >= 15 is 0 Å². The van der Waals surface area contributed by atoms with Gasteiger partial charge in [-0.3, -0.25) is 0 Å². The Hall–Kier alpha value is -3.78. The van der Waals surface area contributed by atoms with Gasteiger partial charge in [0.2, 0.25) is 0 Å². The zero-order valence-electron chi connectivity index (χ0n) is 17.2. The van der Waals surface area contributed by atoms with Gasteiger partial charge in [0.15, 0.2) is 0 Å². The lowest BCUT2D eigenvalue weighted by Gasteiger charge is -2.14. The van der Waals surface area contributed by atoms with E-state index in [-0.39, 0.29) is 18.1 Å². The molecule has 0 spiro atoms. The maximum absolute atomic E-state index is 13.9. The van der Waals surface area contributed by atoms with Crippen LogP contribution in [-0.2, 0) is 4.74 Å². The number of nitrogens with two attached hydrogens (primary N) is 1. The van der Waals surface area contributed by atoms with Crippen LogP contribution in [0.3, 0.4) is 0 Å². The summed E-state index contributed by atoms with van der Waals surface area (Å²) >= 11 is 0. The molecule has 0 fully saturated rings. The summed E-state index contributed by atoms with van der Waals surface area (Å²) in [5.41, 5.74) is 11.9. The number of carbonyl (C=O) groups excluding carboxylic acids is 1. The number of ether oxygens (including phenoxy) is 1. The number of aryl methyl sites for hydroxylation is 1. The minimum absolute atomic E-state index is 0.0212. The lowest BCUT2D eigenvalue weighted by molar-refractivity contribution is 0.143. The predicted molar refractivity (Wildman–Crippen MR) is 120 cm³/mol. The Morgan fingerprint density at radius 3 is 2.42 bits per heavy atom. The Balaban J connectivity index is 1.30. The summed E-state index contributed by atoms with van der Waals surface area (Å²) in [5, 5.41) is 2.69. The van der Waals surface area contributed by atoms with Crippen LogP contribution >= 0.6 is 0 Å². The van der Waals surface area contributed by atoms with Crippen molar-refractivity contribution in [1.82, 2.24) is 5.32 Å². The zero-order chi connectivity index (χ0) is 21.8. The third-order valence-electron chi connectivity index (χ3n) is 5.44. The van der Waals surface area contributed by atoms with Crippen molar-refractivity contribution in [2.75, 3.05) is 18.9 Å². The highest BCUT2D eigenvalue weighted by atomic mass is 19.1. The van der Waals surface area contributed by atoms with Crippen molar-refractivity contribution < 1.29 is 13.9 Å². The second kappa shape index (κ2) is 8.93. The summed E-state index contributed by atoms with van der Waals surface area (Å²) in [4.78, 5) is 12.1. The summed E-state index contributed by atoms with van der Waals surface area (Å²) in [5.74, 6) is 5.23. The second-order valence-corrected chi connectivity index (χ2v) is 7.49. The van der Waals surface area contributed by atoms with Crippen molar-refractivity contribution >= 4 is 11.8 Å². The Morgan fingerprint density at radius 2 is 1.74 bits per heavy atom. The van der Waals surface area contributed by atoms with E-state index in [1.54, 1.807) is 6.92 Å². The number of halogens is 1. The van der Waals surface area contributed by atoms with E-state index in [1.807, 2.05) is 24.3 Å². The topological polar surface area (TPSA) is 64.3 Å². The molecule has 4 nitrogen and oxygen atoms in total. The van der Waals surface area contributed by atoms with E-state index in [0.29, 0.717) is 24.2 Å². The SMILES string of the molecule is Cc1cc(F)c(C#CCCNC(=O)OCC2c3ccccc3-c3ccccc32)cc1N. The number of alkyl carbamates (subject to hydrolysis) is 1. The Labute approximate surface area is 181 Å². The number of hydrogen-bond acceptors (Lipinski definition) is 3. The summed E-state index contributed by atoms with van der Waals surface area (Å²) < 4.78 is 19.4. The third kappa shape index (κ3) is 4.39. The van der Waals surface area contributed by atoms with Crippen molar-refractivity contribution in [3.05, 3.63) is 88.7 Å². The van der Waals surface area contributed by atoms with Crippen LogP contribution in [0.2, 0.25) is 0 Å². The van der Waals surface area contributed by atoms with Crippen molar-refractivity contribution in [3.8, 4) is 23.0 Å². The summed E-state index contributed by atoms with van der Waals surface area (Å²) in [6.07, 6.45) is -0.119. The normalized spacial score (nSPS) is 11.8. The molecule has 3 aromatic carbocycles. The Kier molecular flexibility index (Phi) is 5.90. The average Bonchev–Trinajstić information content (AvgIpc) is 3.09. The fourth-order valence-electron chi connectivity index (χ4n) is 3.82. The van der Waals surface area contributed by atoms with Crippen LogP contribution in [0.4, 0.5) is 14.9 Å². The first-order valence-electron chi connectivity index (χ1n) is 10.2. The van der Waals surface area contributed by atoms with Crippen LogP contribution in [0.25, 0.3) is 11.1 Å². The predicted octanol–water partition coefficient (Wildman–Crippen LogP) is 5.00. The molecule has 4 rings (SSSR count). The number of anilines is 1. The summed E-state index contributed by atoms with van der Waals surface area (Å²) in [6, 6.07) is 19.3. The standard InChI is InChI=1S/C26H23FN2O2/c1-17-14-24(27)18(15-25(17)28)8-6-7-13-29-26(30)31-16-23-21-11-4-2-9-19(21)20-10-3-5-12-22(20)23/h2-5,9-12,14-15,23H,7,13,16,28H2,1H3,(H,29,30). The van der Waals surface area contributed by atoms with E-state index in [4.69, 9.17) is 10.5 Å². The van der Waals surface area contributed by atoms with E-state index < -0.39 is 11.9 Å². The average molecular weight is 414 g/mol. The van der Waals surface area contributed by atoms with Gasteiger partial charge in [-0.2, -0.15) is 0 Å². The Morgan fingerprint density at radius 1 is 1.10 bits per heavy atom. The molecule has 31 heavy (non-hydrogen) atoms. The van der Waals surface area contributed by atoms with E-state index in [0.717, 1.165) is 0 Å². The molecule has 156 valence electrons. The van der Waals surface area contributed by atoms with Crippen LogP contribution in [0.15, 0.2) is 60.7 Å². The molecule has 0 radical (unpaired) electrons. The quantitative estimate of drug-likeness (QED) is 0.359. The first kappa shape index (κ1) is 20.5. The van der Waals surface area contributed by atoms with Gasteiger partial charge in [0.25, 0.3) is 0 Å². The molecule has 0 bridgehead atoms. The molecular formula is C26H23FN2O2. The molecule has 0 aliphatic heterocycles. The van der Waals surface area contributed by atoms with Gasteiger partial charge < -0.3 is 15.8 Å². The van der Waals surface area contributed by atoms with E-state index in [9.17, 15) is 9.18 Å². The second-order valence-electron chi connectivity index (χ2n) is 7.49. The van der Waals surface area contributed by atoms with Gasteiger partial charge in [-0.05, 0) is 46.9 Å². The molecule has 3 aromatic rings. The lowest BCUT2D eigenvalue weighted by atomic mass is 9.98. The van der Waals surface area contributed by atoms with Gasteiger partial charge in [-0.15, -0.1) is 0 Å². The van der Waals surface area contributed by atoms with Gasteiger partial charge in [-0.1, -0.05) is 60.4 Å². The number of fused-ring (bicyclic) bond motifs is 3. The molecule has 0 aromatic heterocycles. The highest BCUT2D eigenvalue weighted by Gasteiger charge is 2.28. The van der Waals surface area contributed by atoms with Crippen LogP contribution in [-0.4, -0.2) is 19.2 Å². The smallest absolute Gasteiger partial charge is 0.407 e. The number of benzene rings is 3. The number of hydrogen-bond donors (Lipinski definition) is 2. The van der Waals surface area contributed by atoms with Gasteiger partial charge in [-0.25, -0.2) is 9.18 Å². The van der Waals surface area contributed by atoms with Crippen molar-refractivity contribution in [2.24, 2.45) is 0 Å². The van der Waals surface area contributed by atoms with Gasteiger partial charge in [0, 0.05) is 24.6 Å². The van der Waals surface area contributed by atoms with Gasteiger partial charge >= 0.3 is 6.09 Å². The first-order valence-corrected chi connectivity index (χ1v) is 10.2. The van der Waals surface area contributed by atoms with Crippen molar-refractivity contribution in [2.45, 2.75) is 19.3 Å². The van der Waals surface area contributed by atoms with Crippen molar-refractivity contribution in [3.63, 3.8) is 0 Å². The van der Waals surface area contributed by atoms with Crippen LogP contribution in [0.1, 0.15) is 34.6 Å². The highest BCUT2D eigenvalue weighted by Crippen LogP contribution is 2.44. The number of nitrogens with one attached hydrogen (secondary N) is 1. The molecule has 0 saturated heterocycles. The number of nitrogen functional groups attached to an aromatic ring is 1.